The zero-order chi connectivity index (χ0) is 16.8. The molecule has 22 heavy (non-hydrogen) atoms. The third-order valence-electron chi connectivity index (χ3n) is 2.80. The van der Waals surface area contributed by atoms with Crippen molar-refractivity contribution in [3.05, 3.63) is 35.9 Å². The fraction of sp³-hybridized carbons (Fsp3) is 0.333. The Kier molecular flexibility index (Phi) is 6.32. The highest BCUT2D eigenvalue weighted by molar-refractivity contribution is 6.29. The number of allylic oxidation sites excluding steroid dienone is 1. The maximum atomic E-state index is 13.4. The van der Waals surface area contributed by atoms with Crippen LogP contribution in [0.3, 0.4) is 0 Å². The van der Waals surface area contributed by atoms with Crippen LogP contribution in [-0.2, 0) is 4.79 Å². The maximum Gasteiger partial charge on any atom is 0.272 e. The average molecular weight is 329 g/mol. The van der Waals surface area contributed by atoms with Crippen LogP contribution in [0.5, 0.6) is 5.75 Å². The van der Waals surface area contributed by atoms with Crippen molar-refractivity contribution in [2.45, 2.75) is 19.3 Å². The lowest BCUT2D eigenvalue weighted by molar-refractivity contribution is -0.113. The van der Waals surface area contributed by atoms with E-state index in [4.69, 9.17) is 21.6 Å². The third-order valence-corrected chi connectivity index (χ3v) is 3.04. The number of rotatable bonds is 7. The number of carbonyl (C=O) groups is 1. The summed E-state index contributed by atoms with van der Waals surface area (Å²) in [7, 11) is 0. The molecule has 0 bridgehead atoms. The van der Waals surface area contributed by atoms with Gasteiger partial charge < -0.3 is 10.1 Å². The van der Waals surface area contributed by atoms with Crippen LogP contribution < -0.4 is 10.1 Å². The second kappa shape index (κ2) is 7.76. The van der Waals surface area contributed by atoms with E-state index in [0.717, 1.165) is 0 Å². The van der Waals surface area contributed by atoms with Gasteiger partial charge in [-0.2, -0.15) is 5.26 Å². The number of benzene rings is 1. The molecule has 0 atom stereocenters. The smallest absolute Gasteiger partial charge is 0.272 e. The molecule has 0 spiro atoms. The number of amides is 1. The van der Waals surface area contributed by atoms with Gasteiger partial charge in [0.05, 0.1) is 23.9 Å². The molecular weight excluding hydrogens is 314 g/mol. The standard InChI is InChI=1S/C15H15ClF2N2O2/c1-10(2)15(17,18)5-6-22-13-4-3-11(9-19)7-12(13)20-14(21)8-16/h3-4,7H,1,5-6,8H2,2H3,(H,20,21). The predicted octanol–water partition coefficient (Wildman–Crippen LogP) is 3.72. The molecule has 7 heteroatoms. The van der Waals surface area contributed by atoms with Crippen molar-refractivity contribution in [1.29, 1.82) is 5.26 Å². The topological polar surface area (TPSA) is 62.1 Å². The van der Waals surface area contributed by atoms with Crippen molar-refractivity contribution in [1.82, 2.24) is 0 Å². The summed E-state index contributed by atoms with van der Waals surface area (Å²) in [5.41, 5.74) is 0.263. The van der Waals surface area contributed by atoms with Crippen molar-refractivity contribution in [2.24, 2.45) is 0 Å². The molecule has 0 aliphatic carbocycles. The van der Waals surface area contributed by atoms with Crippen molar-refractivity contribution < 1.29 is 18.3 Å². The fourth-order valence-corrected chi connectivity index (χ4v) is 1.58. The Labute approximate surface area is 132 Å². The largest absolute Gasteiger partial charge is 0.491 e. The molecule has 0 heterocycles. The van der Waals surface area contributed by atoms with Gasteiger partial charge >= 0.3 is 0 Å². The predicted molar refractivity (Wildman–Crippen MR) is 80.4 cm³/mol. The first-order chi connectivity index (χ1) is 10.3. The van der Waals surface area contributed by atoms with Gasteiger partial charge in [-0.25, -0.2) is 8.78 Å². The van der Waals surface area contributed by atoms with Crippen LogP contribution in [0.15, 0.2) is 30.4 Å². The highest BCUT2D eigenvalue weighted by Gasteiger charge is 2.29. The van der Waals surface area contributed by atoms with Gasteiger partial charge in [-0.15, -0.1) is 11.6 Å². The Bertz CT molecular complexity index is 612. The highest BCUT2D eigenvalue weighted by Crippen LogP contribution is 2.29. The minimum atomic E-state index is -3.02. The van der Waals surface area contributed by atoms with E-state index in [-0.39, 0.29) is 29.5 Å². The molecule has 0 saturated carbocycles. The van der Waals surface area contributed by atoms with E-state index in [0.29, 0.717) is 5.56 Å². The van der Waals surface area contributed by atoms with Crippen LogP contribution in [0.2, 0.25) is 0 Å². The molecule has 118 valence electrons. The summed E-state index contributed by atoms with van der Waals surface area (Å²) in [6.07, 6.45) is -0.536. The Morgan fingerprint density at radius 1 is 1.55 bits per heavy atom. The lowest BCUT2D eigenvalue weighted by Crippen LogP contribution is -2.21. The van der Waals surface area contributed by atoms with Gasteiger partial charge in [0.25, 0.3) is 5.92 Å². The number of nitriles is 1. The van der Waals surface area contributed by atoms with E-state index in [1.54, 1.807) is 0 Å². The third kappa shape index (κ3) is 5.01. The van der Waals surface area contributed by atoms with Crippen molar-refractivity contribution in [3.8, 4) is 11.8 Å². The van der Waals surface area contributed by atoms with Crippen molar-refractivity contribution in [2.75, 3.05) is 17.8 Å². The Balaban J connectivity index is 2.83. The zero-order valence-electron chi connectivity index (χ0n) is 12.0. The molecule has 0 aliphatic heterocycles. The summed E-state index contributed by atoms with van der Waals surface area (Å²) in [6, 6.07) is 6.19. The van der Waals surface area contributed by atoms with Crippen LogP contribution in [0.4, 0.5) is 14.5 Å². The summed E-state index contributed by atoms with van der Waals surface area (Å²) in [5, 5.41) is 11.3. The van der Waals surface area contributed by atoms with E-state index in [1.165, 1.54) is 25.1 Å². The van der Waals surface area contributed by atoms with E-state index in [9.17, 15) is 13.6 Å². The van der Waals surface area contributed by atoms with Gasteiger partial charge in [0.15, 0.2) is 0 Å². The minimum Gasteiger partial charge on any atom is -0.491 e. The maximum absolute atomic E-state index is 13.4. The SMILES string of the molecule is C=C(C)C(F)(F)CCOc1ccc(C#N)cc1NC(=O)CCl. The fourth-order valence-electron chi connectivity index (χ4n) is 1.51. The van der Waals surface area contributed by atoms with Crippen LogP contribution >= 0.6 is 11.6 Å². The first-order valence-electron chi connectivity index (χ1n) is 6.36. The Morgan fingerprint density at radius 2 is 2.23 bits per heavy atom. The first-order valence-corrected chi connectivity index (χ1v) is 6.90. The minimum absolute atomic E-state index is 0.190. The summed E-state index contributed by atoms with van der Waals surface area (Å²) >= 11 is 5.40. The second-order valence-corrected chi connectivity index (χ2v) is 4.86. The zero-order valence-corrected chi connectivity index (χ0v) is 12.7. The molecule has 1 amide bonds. The summed E-state index contributed by atoms with van der Waals surface area (Å²) in [6.45, 7) is 4.21. The molecular formula is C15H15ClF2N2O2. The molecule has 0 fully saturated rings. The number of carbonyl (C=O) groups excluding carboxylic acids is 1. The molecule has 0 radical (unpaired) electrons. The number of nitrogens with one attached hydrogen (secondary N) is 1. The highest BCUT2D eigenvalue weighted by atomic mass is 35.5. The molecule has 1 aromatic carbocycles. The van der Waals surface area contributed by atoms with Gasteiger partial charge in [-0.05, 0) is 30.7 Å². The van der Waals surface area contributed by atoms with Gasteiger partial charge in [-0.1, -0.05) is 6.58 Å². The normalized spacial score (nSPS) is 10.7. The molecule has 1 aromatic rings. The summed E-state index contributed by atoms with van der Waals surface area (Å²) < 4.78 is 32.1. The second-order valence-electron chi connectivity index (χ2n) is 4.59. The summed E-state index contributed by atoms with van der Waals surface area (Å²) in [4.78, 5) is 11.3. The first kappa shape index (κ1) is 17.9. The van der Waals surface area contributed by atoms with Gasteiger partial charge in [0.1, 0.15) is 11.6 Å². The van der Waals surface area contributed by atoms with Crippen molar-refractivity contribution >= 4 is 23.2 Å². The molecule has 0 aliphatic rings. The van der Waals surface area contributed by atoms with Crippen LogP contribution in [0.25, 0.3) is 0 Å². The Morgan fingerprint density at radius 3 is 2.77 bits per heavy atom. The summed E-state index contributed by atoms with van der Waals surface area (Å²) in [5.74, 6) is -3.60. The van der Waals surface area contributed by atoms with E-state index >= 15 is 0 Å². The lowest BCUT2D eigenvalue weighted by Gasteiger charge is -2.17. The van der Waals surface area contributed by atoms with Crippen molar-refractivity contribution in [3.63, 3.8) is 0 Å². The average Bonchev–Trinajstić information content (AvgIpc) is 2.48. The molecule has 1 N–H and O–H groups in total. The van der Waals surface area contributed by atoms with Gasteiger partial charge in [0, 0.05) is 6.42 Å². The van der Waals surface area contributed by atoms with Gasteiger partial charge in [0.2, 0.25) is 5.91 Å². The number of nitrogens with zero attached hydrogens (tertiary/aromatic N) is 1. The number of anilines is 1. The molecule has 4 nitrogen and oxygen atoms in total. The van der Waals surface area contributed by atoms with Crippen LogP contribution in [-0.4, -0.2) is 24.3 Å². The Hall–Kier alpha value is -2.13. The number of alkyl halides is 3. The number of hydrogen-bond donors (Lipinski definition) is 1. The molecule has 1 rings (SSSR count). The van der Waals surface area contributed by atoms with Crippen LogP contribution in [0, 0.1) is 11.3 Å². The van der Waals surface area contributed by atoms with Crippen LogP contribution in [0.1, 0.15) is 18.9 Å². The molecule has 0 aromatic heterocycles. The van der Waals surface area contributed by atoms with Gasteiger partial charge in [-0.3, -0.25) is 4.79 Å². The van der Waals surface area contributed by atoms with E-state index in [2.05, 4.69) is 11.9 Å². The number of hydrogen-bond acceptors (Lipinski definition) is 3. The number of ether oxygens (including phenoxy) is 1. The molecule has 0 saturated heterocycles. The van der Waals surface area contributed by atoms with E-state index in [1.807, 2.05) is 6.07 Å². The quantitative estimate of drug-likeness (QED) is 0.613. The molecule has 0 unspecified atom stereocenters. The van der Waals surface area contributed by atoms with E-state index < -0.39 is 18.3 Å². The lowest BCUT2D eigenvalue weighted by atomic mass is 10.1. The number of halogens is 3. The monoisotopic (exact) mass is 328 g/mol.